The van der Waals surface area contributed by atoms with E-state index in [1.165, 1.54) is 0 Å². The molecule has 1 aliphatic rings. The number of hydrogen-bond acceptors (Lipinski definition) is 4. The lowest BCUT2D eigenvalue weighted by atomic mass is 10.1. The fourth-order valence-corrected chi connectivity index (χ4v) is 2.42. The SMILES string of the molecule is CNc1ccc(-c2ccc3c(n2)C(=O)N(C)C3)cc1N.[HH]. The molecule has 3 N–H and O–H groups in total. The van der Waals surface area contributed by atoms with E-state index in [0.717, 1.165) is 22.5 Å². The molecule has 2 aromatic rings. The largest absolute Gasteiger partial charge is 0.397 e. The molecular weight excluding hydrogens is 252 g/mol. The van der Waals surface area contributed by atoms with Crippen molar-refractivity contribution in [2.45, 2.75) is 6.54 Å². The Balaban J connectivity index is 0.00000161. The third-order valence-electron chi connectivity index (χ3n) is 3.55. The van der Waals surface area contributed by atoms with Crippen LogP contribution in [0.3, 0.4) is 0 Å². The van der Waals surface area contributed by atoms with E-state index in [1.807, 2.05) is 37.4 Å². The second kappa shape index (κ2) is 4.52. The molecule has 5 nitrogen and oxygen atoms in total. The fourth-order valence-electron chi connectivity index (χ4n) is 2.42. The topological polar surface area (TPSA) is 71.2 Å². The van der Waals surface area contributed by atoms with Crippen molar-refractivity contribution in [2.24, 2.45) is 0 Å². The van der Waals surface area contributed by atoms with Crippen LogP contribution in [0.15, 0.2) is 30.3 Å². The molecule has 3 rings (SSSR count). The molecule has 20 heavy (non-hydrogen) atoms. The van der Waals surface area contributed by atoms with Crippen molar-refractivity contribution in [3.63, 3.8) is 0 Å². The highest BCUT2D eigenvalue weighted by Gasteiger charge is 2.26. The number of carbonyl (C=O) groups is 1. The minimum absolute atomic E-state index is 0. The van der Waals surface area contributed by atoms with Gasteiger partial charge in [0.15, 0.2) is 0 Å². The lowest BCUT2D eigenvalue weighted by molar-refractivity contribution is 0.0812. The van der Waals surface area contributed by atoms with Gasteiger partial charge in [-0.1, -0.05) is 12.1 Å². The van der Waals surface area contributed by atoms with Gasteiger partial charge in [0.1, 0.15) is 5.69 Å². The van der Waals surface area contributed by atoms with Gasteiger partial charge in [-0.3, -0.25) is 4.79 Å². The molecule has 0 aliphatic carbocycles. The number of nitrogen functional groups attached to an aromatic ring is 1. The van der Waals surface area contributed by atoms with E-state index < -0.39 is 0 Å². The van der Waals surface area contributed by atoms with Crippen molar-refractivity contribution in [1.29, 1.82) is 0 Å². The van der Waals surface area contributed by atoms with Gasteiger partial charge in [-0.2, -0.15) is 0 Å². The number of benzene rings is 1. The summed E-state index contributed by atoms with van der Waals surface area (Å²) in [4.78, 5) is 18.1. The van der Waals surface area contributed by atoms with Crippen molar-refractivity contribution < 1.29 is 6.22 Å². The first-order valence-electron chi connectivity index (χ1n) is 6.43. The summed E-state index contributed by atoms with van der Waals surface area (Å²) in [5.41, 5.74) is 10.7. The molecule has 0 saturated carbocycles. The summed E-state index contributed by atoms with van der Waals surface area (Å²) in [6.07, 6.45) is 0. The Labute approximate surface area is 118 Å². The van der Waals surface area contributed by atoms with Crippen LogP contribution in [0.4, 0.5) is 11.4 Å². The minimum atomic E-state index is -0.0262. The van der Waals surface area contributed by atoms with Crippen molar-refractivity contribution in [2.75, 3.05) is 25.1 Å². The van der Waals surface area contributed by atoms with E-state index in [-0.39, 0.29) is 7.33 Å². The third kappa shape index (κ3) is 1.87. The van der Waals surface area contributed by atoms with Crippen LogP contribution in [-0.2, 0) is 6.54 Å². The highest BCUT2D eigenvalue weighted by molar-refractivity contribution is 5.96. The van der Waals surface area contributed by atoms with Crippen LogP contribution in [0.25, 0.3) is 11.3 Å². The molecule has 0 saturated heterocycles. The van der Waals surface area contributed by atoms with Gasteiger partial charge in [-0.05, 0) is 18.2 Å². The van der Waals surface area contributed by atoms with Gasteiger partial charge >= 0.3 is 0 Å². The van der Waals surface area contributed by atoms with Crippen molar-refractivity contribution in [3.8, 4) is 11.3 Å². The average molecular weight is 270 g/mol. The molecular formula is C15H18N4O. The number of hydrogen-bond donors (Lipinski definition) is 2. The van der Waals surface area contributed by atoms with Crippen LogP contribution in [0.2, 0.25) is 0 Å². The number of nitrogens with two attached hydrogens (primary N) is 1. The normalized spacial score (nSPS) is 13.5. The summed E-state index contributed by atoms with van der Waals surface area (Å²) in [7, 11) is 3.61. The molecule has 104 valence electrons. The predicted molar refractivity (Wildman–Crippen MR) is 81.5 cm³/mol. The lowest BCUT2D eigenvalue weighted by Gasteiger charge is -2.08. The van der Waals surface area contributed by atoms with Gasteiger partial charge in [0, 0.05) is 33.2 Å². The number of amides is 1. The maximum Gasteiger partial charge on any atom is 0.272 e. The Bertz CT molecular complexity index is 702. The number of fused-ring (bicyclic) bond motifs is 1. The summed E-state index contributed by atoms with van der Waals surface area (Å²) in [6.45, 7) is 0.627. The minimum Gasteiger partial charge on any atom is -0.397 e. The monoisotopic (exact) mass is 270 g/mol. The highest BCUT2D eigenvalue weighted by Crippen LogP contribution is 2.28. The van der Waals surface area contributed by atoms with Gasteiger partial charge in [-0.15, -0.1) is 0 Å². The molecule has 1 aromatic carbocycles. The zero-order valence-corrected chi connectivity index (χ0v) is 11.5. The number of aromatic nitrogens is 1. The summed E-state index contributed by atoms with van der Waals surface area (Å²) in [5.74, 6) is -0.0262. The Morgan fingerprint density at radius 2 is 2.15 bits per heavy atom. The summed E-state index contributed by atoms with van der Waals surface area (Å²) in [5, 5.41) is 3.02. The second-order valence-electron chi connectivity index (χ2n) is 4.92. The number of anilines is 2. The first-order chi connectivity index (χ1) is 9.60. The van der Waals surface area contributed by atoms with Crippen LogP contribution in [0, 0.1) is 0 Å². The van der Waals surface area contributed by atoms with E-state index >= 15 is 0 Å². The number of nitrogens with zero attached hydrogens (tertiary/aromatic N) is 2. The number of carbonyl (C=O) groups excluding carboxylic acids is 1. The quantitative estimate of drug-likeness (QED) is 0.821. The molecule has 5 heteroatoms. The van der Waals surface area contributed by atoms with Crippen LogP contribution < -0.4 is 11.1 Å². The number of rotatable bonds is 2. The number of nitrogens with one attached hydrogen (secondary N) is 1. The summed E-state index contributed by atoms with van der Waals surface area (Å²) >= 11 is 0. The average Bonchev–Trinajstić information content (AvgIpc) is 2.74. The molecule has 0 radical (unpaired) electrons. The molecule has 0 bridgehead atoms. The maximum absolute atomic E-state index is 12.0. The van der Waals surface area contributed by atoms with Gasteiger partial charge in [-0.25, -0.2) is 4.98 Å². The summed E-state index contributed by atoms with van der Waals surface area (Å²) in [6, 6.07) is 9.61. The first kappa shape index (κ1) is 12.5. The Hall–Kier alpha value is -2.56. The van der Waals surface area contributed by atoms with E-state index in [0.29, 0.717) is 17.9 Å². The van der Waals surface area contributed by atoms with Crippen LogP contribution in [0.5, 0.6) is 0 Å². The van der Waals surface area contributed by atoms with Crippen molar-refractivity contribution in [3.05, 3.63) is 41.6 Å². The Kier molecular flexibility index (Phi) is 2.82. The van der Waals surface area contributed by atoms with Gasteiger partial charge < -0.3 is 16.0 Å². The predicted octanol–water partition coefficient (Wildman–Crippen LogP) is 2.20. The molecule has 2 heterocycles. The van der Waals surface area contributed by atoms with Crippen LogP contribution in [-0.4, -0.2) is 29.9 Å². The Morgan fingerprint density at radius 3 is 2.85 bits per heavy atom. The summed E-state index contributed by atoms with van der Waals surface area (Å²) < 4.78 is 0. The van der Waals surface area contributed by atoms with Crippen molar-refractivity contribution in [1.82, 2.24) is 9.88 Å². The zero-order chi connectivity index (χ0) is 14.3. The molecule has 0 fully saturated rings. The van der Waals surface area contributed by atoms with Crippen LogP contribution in [0.1, 0.15) is 17.5 Å². The fraction of sp³-hybridized carbons (Fsp3) is 0.200. The van der Waals surface area contributed by atoms with Crippen molar-refractivity contribution >= 4 is 17.3 Å². The van der Waals surface area contributed by atoms with E-state index in [9.17, 15) is 4.79 Å². The maximum atomic E-state index is 12.0. The third-order valence-corrected chi connectivity index (χ3v) is 3.55. The highest BCUT2D eigenvalue weighted by atomic mass is 16.2. The molecule has 1 aromatic heterocycles. The molecule has 0 unspecified atom stereocenters. The first-order valence-corrected chi connectivity index (χ1v) is 6.43. The molecule has 0 atom stereocenters. The number of pyridine rings is 1. The Morgan fingerprint density at radius 1 is 1.35 bits per heavy atom. The van der Waals surface area contributed by atoms with Gasteiger partial charge in [0.25, 0.3) is 5.91 Å². The molecule has 1 aliphatic heterocycles. The van der Waals surface area contributed by atoms with E-state index in [4.69, 9.17) is 5.73 Å². The van der Waals surface area contributed by atoms with E-state index in [1.54, 1.807) is 11.9 Å². The lowest BCUT2D eigenvalue weighted by Crippen LogP contribution is -2.18. The van der Waals surface area contributed by atoms with Gasteiger partial charge in [0.05, 0.1) is 17.1 Å². The molecule has 0 spiro atoms. The second-order valence-corrected chi connectivity index (χ2v) is 4.92. The van der Waals surface area contributed by atoms with E-state index in [2.05, 4.69) is 10.3 Å². The smallest absolute Gasteiger partial charge is 0.272 e. The molecule has 1 amide bonds. The standard InChI is InChI=1S/C15H16N4O.H2/c1-17-13-6-3-9(7-11(13)16)12-5-4-10-8-19(2)15(20)14(10)18-12;/h3-7,17H,8,16H2,1-2H3;1H. The van der Waals surface area contributed by atoms with Crippen LogP contribution >= 0.6 is 0 Å². The van der Waals surface area contributed by atoms with Gasteiger partial charge in [0.2, 0.25) is 0 Å². The zero-order valence-electron chi connectivity index (χ0n) is 11.5.